The van der Waals surface area contributed by atoms with Crippen LogP contribution in [-0.4, -0.2) is 39.0 Å². The third-order valence-corrected chi connectivity index (χ3v) is 6.35. The highest BCUT2D eigenvalue weighted by Gasteiger charge is 2.21. The molecule has 10 heteroatoms. The minimum absolute atomic E-state index is 0.0654. The number of benzene rings is 2. The van der Waals surface area contributed by atoms with Crippen LogP contribution in [0.25, 0.3) is 11.4 Å². The molecule has 0 unspecified atom stereocenters. The lowest BCUT2D eigenvalue weighted by molar-refractivity contribution is -0.113. The molecule has 2 aromatic heterocycles. The summed E-state index contributed by atoms with van der Waals surface area (Å²) in [5, 5.41) is 12.1. The molecule has 35 heavy (non-hydrogen) atoms. The van der Waals surface area contributed by atoms with Crippen molar-refractivity contribution in [2.24, 2.45) is 0 Å². The van der Waals surface area contributed by atoms with Crippen LogP contribution in [-0.2, 0) is 11.3 Å². The van der Waals surface area contributed by atoms with E-state index >= 15 is 0 Å². The number of hydrogen-bond acceptors (Lipinski definition) is 8. The molecule has 1 N–H and O–H groups in total. The van der Waals surface area contributed by atoms with E-state index in [4.69, 9.17) is 13.9 Å². The zero-order chi connectivity index (χ0) is 24.4. The topological polar surface area (TPSA) is 108 Å². The maximum atomic E-state index is 12.8. The molecule has 0 saturated carbocycles. The summed E-state index contributed by atoms with van der Waals surface area (Å²) in [5.74, 6) is 1.99. The fraction of sp³-hybridized carbons (Fsp3) is 0.200. The van der Waals surface area contributed by atoms with Crippen molar-refractivity contribution < 1.29 is 23.5 Å². The number of Topliss-reactive ketones (excluding diaryl/α,β-unsaturated/α-hetero) is 1. The SMILES string of the molecule is CC(=O)c1cc2c(cc1NC(=O)CSc1nnc(-c3cccc(C)c3)n1Cc1ccco1)OCO2. The number of fused-ring (bicyclic) bond motifs is 1. The van der Waals surface area contributed by atoms with E-state index in [1.807, 2.05) is 47.9 Å². The lowest BCUT2D eigenvalue weighted by Crippen LogP contribution is -2.17. The van der Waals surface area contributed by atoms with Gasteiger partial charge in [-0.05, 0) is 38.1 Å². The zero-order valence-corrected chi connectivity index (χ0v) is 19.9. The molecule has 0 fully saturated rings. The van der Waals surface area contributed by atoms with Crippen LogP contribution in [0.2, 0.25) is 0 Å². The molecule has 178 valence electrons. The molecule has 1 amide bonds. The van der Waals surface area contributed by atoms with Gasteiger partial charge in [0.2, 0.25) is 12.7 Å². The summed E-state index contributed by atoms with van der Waals surface area (Å²) >= 11 is 1.25. The summed E-state index contributed by atoms with van der Waals surface area (Å²) < 4.78 is 18.2. The van der Waals surface area contributed by atoms with Gasteiger partial charge >= 0.3 is 0 Å². The number of thioether (sulfide) groups is 1. The summed E-state index contributed by atoms with van der Waals surface area (Å²) in [6.07, 6.45) is 1.62. The molecule has 1 aliphatic heterocycles. The van der Waals surface area contributed by atoms with Gasteiger partial charge in [0.05, 0.1) is 24.2 Å². The smallest absolute Gasteiger partial charge is 0.234 e. The molecule has 3 heterocycles. The molecule has 4 aromatic rings. The fourth-order valence-corrected chi connectivity index (χ4v) is 4.48. The molecule has 0 radical (unpaired) electrons. The maximum absolute atomic E-state index is 12.8. The molecule has 9 nitrogen and oxygen atoms in total. The number of aromatic nitrogens is 3. The van der Waals surface area contributed by atoms with Gasteiger partial charge in [0, 0.05) is 17.2 Å². The minimum Gasteiger partial charge on any atom is -0.467 e. The molecule has 2 aromatic carbocycles. The molecular formula is C25H22N4O5S. The van der Waals surface area contributed by atoms with E-state index in [9.17, 15) is 9.59 Å². The average Bonchev–Trinajstić information content (AvgIpc) is 3.59. The van der Waals surface area contributed by atoms with Crippen LogP contribution in [0, 0.1) is 6.92 Å². The third kappa shape index (κ3) is 4.92. The van der Waals surface area contributed by atoms with Crippen LogP contribution >= 0.6 is 11.8 Å². The summed E-state index contributed by atoms with van der Waals surface area (Å²) in [4.78, 5) is 24.9. The highest BCUT2D eigenvalue weighted by Crippen LogP contribution is 2.37. The Morgan fingerprint density at radius 1 is 1.09 bits per heavy atom. The third-order valence-electron chi connectivity index (χ3n) is 5.39. The number of nitrogens with zero attached hydrogens (tertiary/aromatic N) is 3. The summed E-state index contributed by atoms with van der Waals surface area (Å²) in [6, 6.07) is 14.9. The molecule has 5 rings (SSSR count). The summed E-state index contributed by atoms with van der Waals surface area (Å²) in [6.45, 7) is 3.95. The Hall–Kier alpha value is -4.05. The highest BCUT2D eigenvalue weighted by molar-refractivity contribution is 7.99. The largest absolute Gasteiger partial charge is 0.467 e. The van der Waals surface area contributed by atoms with Gasteiger partial charge in [0.15, 0.2) is 28.3 Å². The normalized spacial score (nSPS) is 12.1. The lowest BCUT2D eigenvalue weighted by atomic mass is 10.1. The van der Waals surface area contributed by atoms with Gasteiger partial charge in [-0.2, -0.15) is 0 Å². The van der Waals surface area contributed by atoms with Crippen LogP contribution < -0.4 is 14.8 Å². The van der Waals surface area contributed by atoms with E-state index in [-0.39, 0.29) is 24.2 Å². The fourth-order valence-electron chi connectivity index (χ4n) is 3.75. The number of furan rings is 1. The standard InChI is InChI=1S/C25H22N4O5S/c1-15-5-3-6-17(9-15)24-27-28-25(29(24)12-18-7-4-8-32-18)35-13-23(31)26-20-11-22-21(33-14-34-22)10-19(20)16(2)30/h3-11H,12-14H2,1-2H3,(H,26,31). The second-order valence-electron chi connectivity index (χ2n) is 7.99. The number of carbonyl (C=O) groups is 2. The van der Waals surface area contributed by atoms with Gasteiger partial charge in [-0.1, -0.05) is 35.5 Å². The van der Waals surface area contributed by atoms with Crippen LogP contribution in [0.1, 0.15) is 28.6 Å². The summed E-state index contributed by atoms with van der Waals surface area (Å²) in [7, 11) is 0. The van der Waals surface area contributed by atoms with Crippen LogP contribution in [0.5, 0.6) is 11.5 Å². The van der Waals surface area contributed by atoms with Gasteiger partial charge < -0.3 is 19.2 Å². The predicted molar refractivity (Wildman–Crippen MR) is 130 cm³/mol. The van der Waals surface area contributed by atoms with Gasteiger partial charge in [0.1, 0.15) is 5.76 Å². The highest BCUT2D eigenvalue weighted by atomic mass is 32.2. The van der Waals surface area contributed by atoms with Crippen LogP contribution in [0.15, 0.2) is 64.4 Å². The van der Waals surface area contributed by atoms with Crippen molar-refractivity contribution in [2.45, 2.75) is 25.5 Å². The van der Waals surface area contributed by atoms with Gasteiger partial charge in [-0.3, -0.25) is 14.2 Å². The molecule has 0 aliphatic carbocycles. The number of nitrogens with one attached hydrogen (secondary N) is 1. The van der Waals surface area contributed by atoms with Crippen LogP contribution in [0.3, 0.4) is 0 Å². The number of aryl methyl sites for hydroxylation is 1. The first-order chi connectivity index (χ1) is 17.0. The van der Waals surface area contributed by atoms with Crippen molar-refractivity contribution in [3.05, 3.63) is 71.7 Å². The average molecular weight is 491 g/mol. The quantitative estimate of drug-likeness (QED) is 0.283. The molecule has 1 aliphatic rings. The van der Waals surface area contributed by atoms with Crippen molar-refractivity contribution in [1.29, 1.82) is 0 Å². The Morgan fingerprint density at radius 3 is 2.66 bits per heavy atom. The Labute approximate surface area is 205 Å². The van der Waals surface area contributed by atoms with Crippen molar-refractivity contribution in [3.63, 3.8) is 0 Å². The second-order valence-corrected chi connectivity index (χ2v) is 8.93. The number of carbonyl (C=O) groups excluding carboxylic acids is 2. The van der Waals surface area contributed by atoms with E-state index in [1.165, 1.54) is 18.7 Å². The minimum atomic E-state index is -0.291. The molecule has 0 spiro atoms. The number of anilines is 1. The van der Waals surface area contributed by atoms with E-state index in [2.05, 4.69) is 15.5 Å². The Balaban J connectivity index is 1.36. The van der Waals surface area contributed by atoms with Gasteiger partial charge in [-0.15, -0.1) is 10.2 Å². The molecular weight excluding hydrogens is 468 g/mol. The number of rotatable bonds is 8. The number of hydrogen-bond donors (Lipinski definition) is 1. The summed E-state index contributed by atoms with van der Waals surface area (Å²) in [5.41, 5.74) is 2.76. The van der Waals surface area contributed by atoms with Gasteiger partial charge in [-0.25, -0.2) is 0 Å². The van der Waals surface area contributed by atoms with Crippen molar-refractivity contribution >= 4 is 29.1 Å². The van der Waals surface area contributed by atoms with Crippen molar-refractivity contribution in [2.75, 3.05) is 17.9 Å². The maximum Gasteiger partial charge on any atom is 0.234 e. The zero-order valence-electron chi connectivity index (χ0n) is 19.1. The predicted octanol–water partition coefficient (Wildman–Crippen LogP) is 4.56. The molecule has 0 atom stereocenters. The first-order valence-electron chi connectivity index (χ1n) is 10.9. The first kappa shape index (κ1) is 22.7. The number of ketones is 1. The van der Waals surface area contributed by atoms with Crippen LogP contribution in [0.4, 0.5) is 5.69 Å². The van der Waals surface area contributed by atoms with E-state index in [0.29, 0.717) is 40.3 Å². The van der Waals surface area contributed by atoms with Gasteiger partial charge in [0.25, 0.3) is 0 Å². The Kier molecular flexibility index (Phi) is 6.28. The first-order valence-corrected chi connectivity index (χ1v) is 11.9. The lowest BCUT2D eigenvalue weighted by Gasteiger charge is -2.11. The molecule has 0 bridgehead atoms. The second kappa shape index (κ2) is 9.67. The monoisotopic (exact) mass is 490 g/mol. The van der Waals surface area contributed by atoms with E-state index in [0.717, 1.165) is 16.9 Å². The van der Waals surface area contributed by atoms with E-state index < -0.39 is 0 Å². The Bertz CT molecular complexity index is 1400. The number of ether oxygens (including phenoxy) is 2. The van der Waals surface area contributed by atoms with Crippen molar-refractivity contribution in [1.82, 2.24) is 14.8 Å². The number of amides is 1. The molecule has 0 saturated heterocycles. The Morgan fingerprint density at radius 2 is 1.91 bits per heavy atom. The van der Waals surface area contributed by atoms with E-state index in [1.54, 1.807) is 18.4 Å². The van der Waals surface area contributed by atoms with Crippen molar-refractivity contribution in [3.8, 4) is 22.9 Å².